The van der Waals surface area contributed by atoms with E-state index in [1.165, 1.54) is 11.1 Å². The predicted octanol–water partition coefficient (Wildman–Crippen LogP) is 2.65. The summed E-state index contributed by atoms with van der Waals surface area (Å²) in [5.74, 6) is 0.633. The lowest BCUT2D eigenvalue weighted by Crippen LogP contribution is -2.49. The minimum Gasteiger partial charge on any atom is -0.392 e. The number of likely N-dealkylation sites (tertiary alicyclic amines) is 1. The Morgan fingerprint density at radius 2 is 1.92 bits per heavy atom. The molecule has 0 unspecified atom stereocenters. The zero-order chi connectivity index (χ0) is 17.3. The SMILES string of the molecule is O=C(CSc1ccncc1)N1CCC2(CC1)c1ccccc1C[C@H]2O. The van der Waals surface area contributed by atoms with E-state index in [0.29, 0.717) is 5.75 Å². The zero-order valence-corrected chi connectivity index (χ0v) is 14.9. The summed E-state index contributed by atoms with van der Waals surface area (Å²) in [6, 6.07) is 12.2. The number of nitrogens with zero attached hydrogens (tertiary/aromatic N) is 2. The van der Waals surface area contributed by atoms with Gasteiger partial charge in [-0.1, -0.05) is 24.3 Å². The Hall–Kier alpha value is -1.85. The van der Waals surface area contributed by atoms with Crippen LogP contribution in [-0.4, -0.2) is 45.8 Å². The molecule has 2 heterocycles. The van der Waals surface area contributed by atoms with Gasteiger partial charge in [0, 0.05) is 35.8 Å². The van der Waals surface area contributed by atoms with Crippen LogP contribution in [0.5, 0.6) is 0 Å². The molecule has 1 aromatic heterocycles. The van der Waals surface area contributed by atoms with E-state index < -0.39 is 0 Å². The molecule has 2 aliphatic rings. The number of carbonyl (C=O) groups is 1. The van der Waals surface area contributed by atoms with Gasteiger partial charge in [-0.15, -0.1) is 11.8 Å². The van der Waals surface area contributed by atoms with Crippen molar-refractivity contribution in [3.05, 3.63) is 59.9 Å². The first-order valence-corrected chi connectivity index (χ1v) is 9.75. The van der Waals surface area contributed by atoms with Gasteiger partial charge in [-0.25, -0.2) is 0 Å². The second kappa shape index (κ2) is 6.81. The van der Waals surface area contributed by atoms with Crippen LogP contribution in [0, 0.1) is 0 Å². The molecule has 1 atom stereocenters. The summed E-state index contributed by atoms with van der Waals surface area (Å²) in [5.41, 5.74) is 2.40. The molecule has 4 rings (SSSR count). The summed E-state index contributed by atoms with van der Waals surface area (Å²) in [6.45, 7) is 1.45. The molecule has 4 nitrogen and oxygen atoms in total. The quantitative estimate of drug-likeness (QED) is 0.861. The topological polar surface area (TPSA) is 53.4 Å². The molecule has 1 aromatic carbocycles. The number of amides is 1. The molecule has 130 valence electrons. The van der Waals surface area contributed by atoms with Gasteiger partial charge in [0.25, 0.3) is 0 Å². The Morgan fingerprint density at radius 3 is 2.68 bits per heavy atom. The fourth-order valence-electron chi connectivity index (χ4n) is 4.20. The van der Waals surface area contributed by atoms with E-state index >= 15 is 0 Å². The number of carbonyl (C=O) groups excluding carboxylic acids is 1. The molecule has 0 radical (unpaired) electrons. The van der Waals surface area contributed by atoms with Crippen molar-refractivity contribution >= 4 is 17.7 Å². The molecule has 1 aliphatic heterocycles. The van der Waals surface area contributed by atoms with Gasteiger partial charge in [0.1, 0.15) is 0 Å². The molecule has 0 bridgehead atoms. The first kappa shape index (κ1) is 16.6. The van der Waals surface area contributed by atoms with E-state index in [9.17, 15) is 9.90 Å². The molecule has 0 saturated carbocycles. The number of rotatable bonds is 3. The average molecular weight is 354 g/mol. The number of thioether (sulfide) groups is 1. The number of aromatic nitrogens is 1. The van der Waals surface area contributed by atoms with Crippen molar-refractivity contribution in [3.8, 4) is 0 Å². The molecule has 2 aromatic rings. The van der Waals surface area contributed by atoms with E-state index in [2.05, 4.69) is 23.2 Å². The number of aliphatic hydroxyl groups excluding tert-OH is 1. The second-order valence-corrected chi connectivity index (χ2v) is 7.93. The van der Waals surface area contributed by atoms with Crippen molar-refractivity contribution in [2.24, 2.45) is 0 Å². The zero-order valence-electron chi connectivity index (χ0n) is 14.1. The lowest BCUT2D eigenvalue weighted by molar-refractivity contribution is -0.130. The normalized spacial score (nSPS) is 21.3. The number of pyridine rings is 1. The highest BCUT2D eigenvalue weighted by atomic mass is 32.2. The van der Waals surface area contributed by atoms with Crippen molar-refractivity contribution in [1.82, 2.24) is 9.88 Å². The number of hydrogen-bond donors (Lipinski definition) is 1. The smallest absolute Gasteiger partial charge is 0.232 e. The maximum Gasteiger partial charge on any atom is 0.232 e. The highest BCUT2D eigenvalue weighted by Gasteiger charge is 2.47. The third kappa shape index (κ3) is 3.07. The first-order valence-electron chi connectivity index (χ1n) is 8.76. The molecule has 1 spiro atoms. The molecule has 5 heteroatoms. The molecule has 1 aliphatic carbocycles. The predicted molar refractivity (Wildman–Crippen MR) is 98.6 cm³/mol. The van der Waals surface area contributed by atoms with Gasteiger partial charge < -0.3 is 10.0 Å². The van der Waals surface area contributed by atoms with E-state index in [1.807, 2.05) is 23.1 Å². The molecule has 1 N–H and O–H groups in total. The Morgan fingerprint density at radius 1 is 1.20 bits per heavy atom. The molecular formula is C20H22N2O2S. The van der Waals surface area contributed by atoms with Gasteiger partial charge in [-0.3, -0.25) is 9.78 Å². The van der Waals surface area contributed by atoms with E-state index in [4.69, 9.17) is 0 Å². The van der Waals surface area contributed by atoms with Gasteiger partial charge in [0.2, 0.25) is 5.91 Å². The lowest BCUT2D eigenvalue weighted by atomic mass is 9.72. The third-order valence-corrected chi connectivity index (χ3v) is 6.62. The highest BCUT2D eigenvalue weighted by molar-refractivity contribution is 8.00. The Balaban J connectivity index is 1.39. The average Bonchev–Trinajstić information content (AvgIpc) is 2.93. The largest absolute Gasteiger partial charge is 0.392 e. The fourth-order valence-corrected chi connectivity index (χ4v) is 4.98. The number of aliphatic hydroxyl groups is 1. The fraction of sp³-hybridized carbons (Fsp3) is 0.400. The van der Waals surface area contributed by atoms with Crippen molar-refractivity contribution in [2.75, 3.05) is 18.8 Å². The minimum atomic E-state index is -0.326. The van der Waals surface area contributed by atoms with Crippen molar-refractivity contribution < 1.29 is 9.90 Å². The number of piperidine rings is 1. The third-order valence-electron chi connectivity index (χ3n) is 5.63. The molecule has 1 saturated heterocycles. The van der Waals surface area contributed by atoms with Crippen LogP contribution in [0.3, 0.4) is 0 Å². The van der Waals surface area contributed by atoms with E-state index in [1.54, 1.807) is 24.2 Å². The summed E-state index contributed by atoms with van der Waals surface area (Å²) < 4.78 is 0. The summed E-state index contributed by atoms with van der Waals surface area (Å²) in [7, 11) is 0. The standard InChI is InChI=1S/C20H22N2O2S/c23-18-13-15-3-1-2-4-17(15)20(18)7-11-22(12-8-20)19(24)14-25-16-5-9-21-10-6-16/h1-6,9-10,18,23H,7-8,11-14H2/t18-/m1/s1. The van der Waals surface area contributed by atoms with E-state index in [-0.39, 0.29) is 17.4 Å². The molecule has 25 heavy (non-hydrogen) atoms. The van der Waals surface area contributed by atoms with Gasteiger partial charge in [-0.05, 0) is 42.5 Å². The number of fused-ring (bicyclic) bond motifs is 2. The van der Waals surface area contributed by atoms with Crippen LogP contribution in [0.15, 0.2) is 53.7 Å². The van der Waals surface area contributed by atoms with Crippen LogP contribution in [0.2, 0.25) is 0 Å². The summed E-state index contributed by atoms with van der Waals surface area (Å²) in [4.78, 5) is 19.5. The van der Waals surface area contributed by atoms with Gasteiger partial charge in [-0.2, -0.15) is 0 Å². The van der Waals surface area contributed by atoms with Crippen LogP contribution >= 0.6 is 11.8 Å². The maximum atomic E-state index is 12.5. The van der Waals surface area contributed by atoms with Crippen LogP contribution in [-0.2, 0) is 16.6 Å². The first-order chi connectivity index (χ1) is 12.2. The minimum absolute atomic E-state index is 0.161. The van der Waals surface area contributed by atoms with Crippen molar-refractivity contribution in [1.29, 1.82) is 0 Å². The van der Waals surface area contributed by atoms with E-state index in [0.717, 1.165) is 37.2 Å². The summed E-state index contributed by atoms with van der Waals surface area (Å²) >= 11 is 1.55. The van der Waals surface area contributed by atoms with Gasteiger partial charge in [0.15, 0.2) is 0 Å². The van der Waals surface area contributed by atoms with Gasteiger partial charge in [0.05, 0.1) is 11.9 Å². The number of hydrogen-bond acceptors (Lipinski definition) is 4. The Labute approximate surface area is 152 Å². The van der Waals surface area contributed by atoms with Crippen LogP contribution in [0.4, 0.5) is 0 Å². The molecule has 1 fully saturated rings. The molecule has 1 amide bonds. The highest BCUT2D eigenvalue weighted by Crippen LogP contribution is 2.46. The maximum absolute atomic E-state index is 12.5. The number of benzene rings is 1. The summed E-state index contributed by atoms with van der Waals surface area (Å²) in [5, 5.41) is 10.7. The van der Waals surface area contributed by atoms with Crippen molar-refractivity contribution in [3.63, 3.8) is 0 Å². The monoisotopic (exact) mass is 354 g/mol. The van der Waals surface area contributed by atoms with Crippen molar-refractivity contribution in [2.45, 2.75) is 35.7 Å². The summed E-state index contributed by atoms with van der Waals surface area (Å²) in [6.07, 6.45) is 5.59. The molecular weight excluding hydrogens is 332 g/mol. The lowest BCUT2D eigenvalue weighted by Gasteiger charge is -2.42. The van der Waals surface area contributed by atoms with Crippen LogP contribution < -0.4 is 0 Å². The Kier molecular flexibility index (Phi) is 4.52. The Bertz CT molecular complexity index is 757. The van der Waals surface area contributed by atoms with Crippen LogP contribution in [0.25, 0.3) is 0 Å². The van der Waals surface area contributed by atoms with Crippen LogP contribution in [0.1, 0.15) is 24.0 Å². The second-order valence-electron chi connectivity index (χ2n) is 6.89. The van der Waals surface area contributed by atoms with Gasteiger partial charge >= 0.3 is 0 Å².